The third kappa shape index (κ3) is 4.62. The van der Waals surface area contributed by atoms with E-state index in [9.17, 15) is 14.0 Å². The number of carbonyl (C=O) groups is 2. The van der Waals surface area contributed by atoms with Gasteiger partial charge in [0.25, 0.3) is 0 Å². The van der Waals surface area contributed by atoms with Gasteiger partial charge in [-0.3, -0.25) is 14.5 Å². The molecule has 0 unspecified atom stereocenters. The monoisotopic (exact) mass is 467 g/mol. The van der Waals surface area contributed by atoms with E-state index in [0.717, 1.165) is 16.8 Å². The first kappa shape index (κ1) is 21.6. The molecule has 0 spiro atoms. The highest BCUT2D eigenvalue weighted by atomic mass is 35.5. The predicted octanol–water partition coefficient (Wildman–Crippen LogP) is 2.42. The second kappa shape index (κ2) is 8.96. The number of fused-ring (bicyclic) bond motifs is 1. The Kier molecular flexibility index (Phi) is 5.86. The van der Waals surface area contributed by atoms with Crippen molar-refractivity contribution < 1.29 is 14.0 Å². The SMILES string of the molecule is O=C1N[C@@H](Cc2ccc(Cl)cc2)C(=O)N2CCN(Cc3cnn(-c4ccc(F)cc4)c3)C[C@H]12. The molecule has 2 aliphatic heterocycles. The Morgan fingerprint density at radius 2 is 1.79 bits per heavy atom. The van der Waals surface area contributed by atoms with Gasteiger partial charge < -0.3 is 10.2 Å². The minimum atomic E-state index is -0.560. The maximum atomic E-state index is 13.2. The van der Waals surface area contributed by atoms with Crippen LogP contribution in [0.25, 0.3) is 5.69 Å². The lowest BCUT2D eigenvalue weighted by atomic mass is 9.98. The number of nitrogens with one attached hydrogen (secondary N) is 1. The molecular weight excluding hydrogens is 445 g/mol. The summed E-state index contributed by atoms with van der Waals surface area (Å²) in [6.45, 7) is 2.25. The Morgan fingerprint density at radius 1 is 1.03 bits per heavy atom. The summed E-state index contributed by atoms with van der Waals surface area (Å²) < 4.78 is 14.9. The molecule has 1 aromatic heterocycles. The lowest BCUT2D eigenvalue weighted by Crippen LogP contribution is -2.69. The van der Waals surface area contributed by atoms with Crippen LogP contribution in [0.4, 0.5) is 4.39 Å². The van der Waals surface area contributed by atoms with Crippen molar-refractivity contribution in [3.05, 3.63) is 82.9 Å². The van der Waals surface area contributed by atoms with Crippen molar-refractivity contribution in [2.75, 3.05) is 19.6 Å². The average Bonchev–Trinajstić information content (AvgIpc) is 3.27. The summed E-state index contributed by atoms with van der Waals surface area (Å²) in [5, 5.41) is 7.90. The minimum Gasteiger partial charge on any atom is -0.342 e. The molecule has 0 bridgehead atoms. The van der Waals surface area contributed by atoms with Crippen LogP contribution in [-0.4, -0.2) is 63.1 Å². The van der Waals surface area contributed by atoms with Gasteiger partial charge in [0.15, 0.2) is 0 Å². The van der Waals surface area contributed by atoms with Crippen LogP contribution in [0.3, 0.4) is 0 Å². The summed E-state index contributed by atoms with van der Waals surface area (Å²) >= 11 is 5.94. The number of piperazine rings is 2. The molecule has 33 heavy (non-hydrogen) atoms. The van der Waals surface area contributed by atoms with E-state index in [1.165, 1.54) is 12.1 Å². The number of nitrogens with zero attached hydrogens (tertiary/aromatic N) is 4. The van der Waals surface area contributed by atoms with Gasteiger partial charge in [0, 0.05) is 49.4 Å². The molecule has 2 amide bonds. The van der Waals surface area contributed by atoms with Crippen LogP contribution >= 0.6 is 11.6 Å². The number of amides is 2. The molecule has 2 aromatic carbocycles. The fourth-order valence-electron chi connectivity index (χ4n) is 4.43. The zero-order chi connectivity index (χ0) is 22.9. The van der Waals surface area contributed by atoms with E-state index < -0.39 is 12.1 Å². The molecule has 2 saturated heterocycles. The lowest BCUT2D eigenvalue weighted by molar-refractivity contribution is -0.153. The molecule has 0 aliphatic carbocycles. The zero-order valence-corrected chi connectivity index (χ0v) is 18.6. The fraction of sp³-hybridized carbons (Fsp3) is 0.292. The Labute approximate surface area is 195 Å². The third-order valence-corrected chi connectivity index (χ3v) is 6.40. The lowest BCUT2D eigenvalue weighted by Gasteiger charge is -2.45. The first-order valence-electron chi connectivity index (χ1n) is 10.8. The van der Waals surface area contributed by atoms with Crippen LogP contribution in [0.15, 0.2) is 60.9 Å². The van der Waals surface area contributed by atoms with Crippen molar-refractivity contribution >= 4 is 23.4 Å². The number of rotatable bonds is 5. The van der Waals surface area contributed by atoms with Crippen LogP contribution in [0.1, 0.15) is 11.1 Å². The highest BCUT2D eigenvalue weighted by Crippen LogP contribution is 2.21. The molecule has 0 radical (unpaired) electrons. The fourth-order valence-corrected chi connectivity index (χ4v) is 4.56. The largest absolute Gasteiger partial charge is 0.342 e. The second-order valence-corrected chi connectivity index (χ2v) is 8.88. The van der Waals surface area contributed by atoms with E-state index in [1.54, 1.807) is 40.0 Å². The number of carbonyl (C=O) groups excluding carboxylic acids is 2. The molecule has 3 heterocycles. The van der Waals surface area contributed by atoms with Crippen LogP contribution in [0, 0.1) is 5.82 Å². The molecule has 2 atom stereocenters. The second-order valence-electron chi connectivity index (χ2n) is 8.44. The molecule has 170 valence electrons. The average molecular weight is 468 g/mol. The summed E-state index contributed by atoms with van der Waals surface area (Å²) in [7, 11) is 0. The molecule has 2 fully saturated rings. The number of hydrogen-bond donors (Lipinski definition) is 1. The van der Waals surface area contributed by atoms with E-state index in [-0.39, 0.29) is 17.6 Å². The van der Waals surface area contributed by atoms with Gasteiger partial charge in [0.05, 0.1) is 11.9 Å². The standard InChI is InChI=1S/C24H23ClFN5O2/c25-18-3-1-16(2-4-18)11-21-24(33)30-10-9-29(15-22(30)23(32)28-21)13-17-12-27-31(14-17)20-7-5-19(26)6-8-20/h1-8,12,14,21-22H,9-11,13,15H2,(H,28,32)/t21-,22+/m0/s1. The van der Waals surface area contributed by atoms with Crippen molar-refractivity contribution in [2.24, 2.45) is 0 Å². The van der Waals surface area contributed by atoms with Crippen LogP contribution in [0.5, 0.6) is 0 Å². The summed E-state index contributed by atoms with van der Waals surface area (Å²) in [4.78, 5) is 29.8. The van der Waals surface area contributed by atoms with Crippen LogP contribution in [0.2, 0.25) is 5.02 Å². The van der Waals surface area contributed by atoms with Crippen LogP contribution < -0.4 is 5.32 Å². The van der Waals surface area contributed by atoms with E-state index in [0.29, 0.717) is 37.6 Å². The molecular formula is C24H23ClFN5O2. The summed E-state index contributed by atoms with van der Waals surface area (Å²) in [6.07, 6.45) is 4.11. The number of hydrogen-bond acceptors (Lipinski definition) is 4. The number of benzene rings is 2. The molecule has 3 aromatic rings. The van der Waals surface area contributed by atoms with Crippen molar-refractivity contribution in [2.45, 2.75) is 25.0 Å². The van der Waals surface area contributed by atoms with Gasteiger partial charge in [-0.25, -0.2) is 9.07 Å². The Hall–Kier alpha value is -3.23. The van der Waals surface area contributed by atoms with E-state index in [4.69, 9.17) is 11.6 Å². The summed E-state index contributed by atoms with van der Waals surface area (Å²) in [6, 6.07) is 12.4. The third-order valence-electron chi connectivity index (χ3n) is 6.15. The number of aromatic nitrogens is 2. The molecule has 1 N–H and O–H groups in total. The van der Waals surface area contributed by atoms with E-state index in [1.807, 2.05) is 18.3 Å². The predicted molar refractivity (Wildman–Crippen MR) is 121 cm³/mol. The molecule has 5 rings (SSSR count). The van der Waals surface area contributed by atoms with Gasteiger partial charge in [-0.05, 0) is 42.0 Å². The normalized spacial score (nSPS) is 21.1. The molecule has 2 aliphatic rings. The van der Waals surface area contributed by atoms with Gasteiger partial charge in [-0.1, -0.05) is 23.7 Å². The van der Waals surface area contributed by atoms with Gasteiger partial charge in [-0.15, -0.1) is 0 Å². The van der Waals surface area contributed by atoms with Gasteiger partial charge in [-0.2, -0.15) is 5.10 Å². The van der Waals surface area contributed by atoms with E-state index in [2.05, 4.69) is 15.3 Å². The smallest absolute Gasteiger partial charge is 0.246 e. The van der Waals surface area contributed by atoms with Crippen LogP contribution in [-0.2, 0) is 22.6 Å². The summed E-state index contributed by atoms with van der Waals surface area (Å²) in [5.41, 5.74) is 2.71. The molecule has 9 heteroatoms. The van der Waals surface area contributed by atoms with Gasteiger partial charge >= 0.3 is 0 Å². The summed E-state index contributed by atoms with van der Waals surface area (Å²) in [5.74, 6) is -0.460. The first-order chi connectivity index (χ1) is 16.0. The van der Waals surface area contributed by atoms with Crippen molar-refractivity contribution in [1.82, 2.24) is 24.9 Å². The maximum Gasteiger partial charge on any atom is 0.246 e. The number of halogens is 2. The Morgan fingerprint density at radius 3 is 2.55 bits per heavy atom. The first-order valence-corrected chi connectivity index (χ1v) is 11.2. The molecule has 0 saturated carbocycles. The Balaban J connectivity index is 1.22. The zero-order valence-electron chi connectivity index (χ0n) is 17.8. The van der Waals surface area contributed by atoms with Crippen molar-refractivity contribution in [3.8, 4) is 5.69 Å². The topological polar surface area (TPSA) is 70.5 Å². The van der Waals surface area contributed by atoms with Gasteiger partial charge in [0.2, 0.25) is 11.8 Å². The van der Waals surface area contributed by atoms with Crippen molar-refractivity contribution in [3.63, 3.8) is 0 Å². The van der Waals surface area contributed by atoms with Crippen molar-refractivity contribution in [1.29, 1.82) is 0 Å². The molecule has 7 nitrogen and oxygen atoms in total. The highest BCUT2D eigenvalue weighted by molar-refractivity contribution is 6.30. The Bertz CT molecular complexity index is 1160. The van der Waals surface area contributed by atoms with Gasteiger partial charge in [0.1, 0.15) is 17.9 Å². The minimum absolute atomic E-state index is 0.0432. The maximum absolute atomic E-state index is 13.2. The quantitative estimate of drug-likeness (QED) is 0.625. The highest BCUT2D eigenvalue weighted by Gasteiger charge is 2.43. The van der Waals surface area contributed by atoms with E-state index >= 15 is 0 Å².